The molecule has 0 radical (unpaired) electrons. The summed E-state index contributed by atoms with van der Waals surface area (Å²) >= 11 is 8.81. The third kappa shape index (κ3) is 5.86. The van der Waals surface area contributed by atoms with Gasteiger partial charge in [0.25, 0.3) is 0 Å². The zero-order valence-corrected chi connectivity index (χ0v) is 19.9. The lowest BCUT2D eigenvalue weighted by Crippen LogP contribution is -2.19. The van der Waals surface area contributed by atoms with E-state index in [0.717, 1.165) is 60.6 Å². The molecular formula is C23H25BrClN3O4. The topological polar surface area (TPSA) is 75.0 Å². The van der Waals surface area contributed by atoms with Crippen LogP contribution in [0.1, 0.15) is 37.4 Å². The Bertz CT molecular complexity index is 1030. The van der Waals surface area contributed by atoms with Gasteiger partial charge in [0.05, 0.1) is 4.47 Å². The first-order valence-corrected chi connectivity index (χ1v) is 11.9. The average Bonchev–Trinajstić information content (AvgIpc) is 3.28. The summed E-state index contributed by atoms with van der Waals surface area (Å²) in [7, 11) is 0. The maximum absolute atomic E-state index is 10.5. The monoisotopic (exact) mass is 521 g/mol. The van der Waals surface area contributed by atoms with Crippen molar-refractivity contribution in [2.24, 2.45) is 5.92 Å². The van der Waals surface area contributed by atoms with E-state index in [1.165, 1.54) is 0 Å². The fraction of sp³-hybridized carbons (Fsp3) is 0.435. The van der Waals surface area contributed by atoms with Crippen LogP contribution in [-0.2, 0) is 14.3 Å². The molecule has 0 spiro atoms. The minimum atomic E-state index is -0.210. The second-order valence-corrected chi connectivity index (χ2v) is 8.95. The maximum Gasteiger partial charge on any atom is 0.236 e. The number of fused-ring (bicyclic) bond motifs is 1. The highest BCUT2D eigenvalue weighted by Crippen LogP contribution is 2.32. The summed E-state index contributed by atoms with van der Waals surface area (Å²) in [6, 6.07) is 13.6. The molecule has 32 heavy (non-hydrogen) atoms. The van der Waals surface area contributed by atoms with Crippen LogP contribution in [-0.4, -0.2) is 46.3 Å². The molecule has 0 N–H and O–H groups in total. The lowest BCUT2D eigenvalue weighted by atomic mass is 10.00. The van der Waals surface area contributed by atoms with E-state index in [-0.39, 0.29) is 11.2 Å². The third-order valence-corrected chi connectivity index (χ3v) is 6.42. The van der Waals surface area contributed by atoms with Crippen LogP contribution >= 0.6 is 27.5 Å². The molecule has 0 aliphatic carbocycles. The van der Waals surface area contributed by atoms with Gasteiger partial charge in [-0.3, -0.25) is 4.79 Å². The van der Waals surface area contributed by atoms with E-state index < -0.39 is 0 Å². The quantitative estimate of drug-likeness (QED) is 0.430. The number of hydrogen-bond acceptors (Lipinski definition) is 6. The van der Waals surface area contributed by atoms with Crippen LogP contribution in [0.3, 0.4) is 0 Å². The average molecular weight is 523 g/mol. The van der Waals surface area contributed by atoms with E-state index in [9.17, 15) is 4.79 Å². The van der Waals surface area contributed by atoms with E-state index in [2.05, 4.69) is 26.0 Å². The second-order valence-electron chi connectivity index (χ2n) is 7.72. The van der Waals surface area contributed by atoms with Crippen LogP contribution in [0.25, 0.3) is 5.65 Å². The van der Waals surface area contributed by atoms with Gasteiger partial charge in [-0.15, -0.1) is 5.10 Å². The first-order valence-electron chi connectivity index (χ1n) is 10.7. The predicted molar refractivity (Wildman–Crippen MR) is 124 cm³/mol. The molecule has 7 nitrogen and oxygen atoms in total. The number of halogens is 2. The number of hydrogen-bond donors (Lipinski definition) is 0. The van der Waals surface area contributed by atoms with Gasteiger partial charge in [-0.05, 0) is 77.5 Å². The van der Waals surface area contributed by atoms with Gasteiger partial charge >= 0.3 is 0 Å². The van der Waals surface area contributed by atoms with Crippen LogP contribution in [0.15, 0.2) is 46.9 Å². The Kier molecular flexibility index (Phi) is 8.13. The van der Waals surface area contributed by atoms with Crippen molar-refractivity contribution in [3.8, 4) is 11.6 Å². The number of ether oxygens (including phenoxy) is 3. The van der Waals surface area contributed by atoms with Crippen LogP contribution in [0, 0.1) is 5.92 Å². The van der Waals surface area contributed by atoms with Gasteiger partial charge in [0.15, 0.2) is 11.5 Å². The molecule has 0 unspecified atom stereocenters. The Balaban J connectivity index is 0.000000230. The number of rotatable bonds is 4. The van der Waals surface area contributed by atoms with Gasteiger partial charge in [-0.25, -0.2) is 4.98 Å². The molecule has 5 rings (SSSR count). The molecule has 9 heteroatoms. The van der Waals surface area contributed by atoms with Crippen LogP contribution in [0.4, 0.5) is 0 Å². The highest BCUT2D eigenvalue weighted by Gasteiger charge is 2.22. The molecule has 170 valence electrons. The molecule has 0 bridgehead atoms. The molecule has 2 fully saturated rings. The Morgan fingerprint density at radius 2 is 1.66 bits per heavy atom. The molecule has 2 aliphatic heterocycles. The van der Waals surface area contributed by atoms with Gasteiger partial charge in [-0.1, -0.05) is 18.2 Å². The minimum absolute atomic E-state index is 0.0559. The first-order chi connectivity index (χ1) is 15.6. The molecule has 3 aromatic rings. The zero-order valence-electron chi connectivity index (χ0n) is 17.6. The van der Waals surface area contributed by atoms with Crippen molar-refractivity contribution in [2.45, 2.75) is 31.6 Å². The molecule has 1 aromatic carbocycles. The number of nitrogens with zero attached hydrogens (tertiary/aromatic N) is 3. The molecule has 0 saturated carbocycles. The Hall–Kier alpha value is -2.00. The van der Waals surface area contributed by atoms with Crippen molar-refractivity contribution < 1.29 is 19.0 Å². The van der Waals surface area contributed by atoms with E-state index in [4.69, 9.17) is 25.8 Å². The van der Waals surface area contributed by atoms with Crippen molar-refractivity contribution in [3.63, 3.8) is 0 Å². The first kappa shape index (κ1) is 23.2. The molecular weight excluding hydrogens is 498 g/mol. The molecule has 2 aliphatic rings. The lowest BCUT2D eigenvalue weighted by Gasteiger charge is -2.18. The highest BCUT2D eigenvalue weighted by atomic mass is 79.9. The van der Waals surface area contributed by atoms with Crippen LogP contribution in [0.5, 0.6) is 11.6 Å². The number of carbonyl (C=O) groups is 1. The van der Waals surface area contributed by atoms with Gasteiger partial charge in [0.2, 0.25) is 11.1 Å². The van der Waals surface area contributed by atoms with Crippen molar-refractivity contribution in [1.29, 1.82) is 0 Å². The second kappa shape index (κ2) is 11.2. The fourth-order valence-electron chi connectivity index (χ4n) is 3.66. The number of aromatic nitrogens is 3. The summed E-state index contributed by atoms with van der Waals surface area (Å²) in [5.74, 6) is 2.68. The minimum Gasteiger partial charge on any atom is -0.438 e. The number of benzene rings is 1. The van der Waals surface area contributed by atoms with Gasteiger partial charge in [0.1, 0.15) is 5.75 Å². The number of carbonyl (C=O) groups excluding carboxylic acids is 1. The largest absolute Gasteiger partial charge is 0.438 e. The Morgan fingerprint density at radius 3 is 2.28 bits per heavy atom. The van der Waals surface area contributed by atoms with E-state index in [1.807, 2.05) is 42.5 Å². The number of pyridine rings is 1. The van der Waals surface area contributed by atoms with E-state index >= 15 is 0 Å². The SMILES string of the molecule is Brc1ccc2nc(C3CCOCC3)nn2c1Oc1ccccc1.O=C(Cl)C1CCOCC1. The Labute approximate surface area is 200 Å². The van der Waals surface area contributed by atoms with Crippen LogP contribution in [0.2, 0.25) is 0 Å². The third-order valence-electron chi connectivity index (χ3n) is 5.51. The molecule has 2 aromatic heterocycles. The fourth-order valence-corrected chi connectivity index (χ4v) is 4.26. The van der Waals surface area contributed by atoms with Gasteiger partial charge in [-0.2, -0.15) is 4.52 Å². The Morgan fingerprint density at radius 1 is 1.00 bits per heavy atom. The molecule has 0 atom stereocenters. The van der Waals surface area contributed by atoms with Crippen molar-refractivity contribution in [2.75, 3.05) is 26.4 Å². The summed E-state index contributed by atoms with van der Waals surface area (Å²) in [6.45, 7) is 2.92. The summed E-state index contributed by atoms with van der Waals surface area (Å²) in [6.07, 6.45) is 3.52. The molecule has 0 amide bonds. The summed E-state index contributed by atoms with van der Waals surface area (Å²) in [4.78, 5) is 15.2. The summed E-state index contributed by atoms with van der Waals surface area (Å²) in [5.41, 5.74) is 0.792. The van der Waals surface area contributed by atoms with Crippen molar-refractivity contribution in [1.82, 2.24) is 14.6 Å². The smallest absolute Gasteiger partial charge is 0.236 e. The van der Waals surface area contributed by atoms with E-state index in [1.54, 1.807) is 4.52 Å². The number of para-hydroxylation sites is 1. The van der Waals surface area contributed by atoms with Crippen molar-refractivity contribution in [3.05, 3.63) is 52.8 Å². The van der Waals surface area contributed by atoms with Crippen molar-refractivity contribution >= 4 is 38.4 Å². The predicted octanol–water partition coefficient (Wildman–Crippen LogP) is 5.36. The lowest BCUT2D eigenvalue weighted by molar-refractivity contribution is -0.117. The zero-order chi connectivity index (χ0) is 22.3. The van der Waals surface area contributed by atoms with E-state index in [0.29, 0.717) is 25.0 Å². The molecule has 2 saturated heterocycles. The van der Waals surface area contributed by atoms with Crippen LogP contribution < -0.4 is 4.74 Å². The van der Waals surface area contributed by atoms with Gasteiger partial charge < -0.3 is 14.2 Å². The summed E-state index contributed by atoms with van der Waals surface area (Å²) < 4.78 is 19.1. The summed E-state index contributed by atoms with van der Waals surface area (Å²) in [5, 5.41) is 4.48. The normalized spacial score (nSPS) is 17.6. The maximum atomic E-state index is 10.5. The van der Waals surface area contributed by atoms with Gasteiger partial charge in [0, 0.05) is 38.3 Å². The standard InChI is InChI=1S/C17H16BrN3O2.C6H9ClO2/c18-14-6-7-15-19-16(12-8-10-22-11-9-12)20-21(15)17(14)23-13-4-2-1-3-5-13;7-6(8)5-1-3-9-4-2-5/h1-7,12H,8-11H2;5H,1-4H2. The molecule has 4 heterocycles. The highest BCUT2D eigenvalue weighted by molar-refractivity contribution is 9.10.